The number of sulfonamides is 1. The van der Waals surface area contributed by atoms with Crippen molar-refractivity contribution in [3.8, 4) is 5.75 Å². The summed E-state index contributed by atoms with van der Waals surface area (Å²) in [7, 11) is -3.79. The highest BCUT2D eigenvalue weighted by Gasteiger charge is 2.27. The summed E-state index contributed by atoms with van der Waals surface area (Å²) in [5.41, 5.74) is 0.214. The Balaban J connectivity index is 2.53. The monoisotopic (exact) mass is 338 g/mol. The van der Waals surface area contributed by atoms with Crippen molar-refractivity contribution in [2.24, 2.45) is 5.92 Å². The van der Waals surface area contributed by atoms with E-state index in [1.54, 1.807) is 0 Å². The molecule has 0 aromatic heterocycles. The van der Waals surface area contributed by atoms with Gasteiger partial charge in [0.25, 0.3) is 10.0 Å². The molecule has 0 aliphatic carbocycles. The first-order valence-electron chi connectivity index (χ1n) is 6.79. The van der Waals surface area contributed by atoms with Crippen LogP contribution in [0.2, 0.25) is 5.02 Å². The molecule has 0 fully saturated rings. The highest BCUT2D eigenvalue weighted by molar-refractivity contribution is 7.92. The maximum atomic E-state index is 12.9. The van der Waals surface area contributed by atoms with Crippen molar-refractivity contribution in [3.63, 3.8) is 0 Å². The van der Waals surface area contributed by atoms with Crippen LogP contribution in [-0.4, -0.2) is 20.1 Å². The molecule has 2 rings (SSSR count). The van der Waals surface area contributed by atoms with E-state index >= 15 is 0 Å². The van der Waals surface area contributed by atoms with Gasteiger partial charge < -0.3 is 5.11 Å². The number of phenolic OH excluding ortho intramolecular Hbond substituents is 1. The van der Waals surface area contributed by atoms with E-state index in [0.29, 0.717) is 5.02 Å². The van der Waals surface area contributed by atoms with Gasteiger partial charge >= 0.3 is 0 Å². The first-order valence-corrected chi connectivity index (χ1v) is 8.61. The molecule has 0 heterocycles. The van der Waals surface area contributed by atoms with Crippen LogP contribution in [-0.2, 0) is 10.0 Å². The van der Waals surface area contributed by atoms with Crippen molar-refractivity contribution in [2.75, 3.05) is 10.8 Å². The van der Waals surface area contributed by atoms with Gasteiger partial charge in [0.2, 0.25) is 0 Å². The Kier molecular flexibility index (Phi) is 4.98. The number of anilines is 1. The average Bonchev–Trinajstić information content (AvgIpc) is 2.46. The summed E-state index contributed by atoms with van der Waals surface area (Å²) in [5, 5.41) is 10.5. The van der Waals surface area contributed by atoms with Gasteiger partial charge in [-0.05, 0) is 48.4 Å². The molecule has 1 N–H and O–H groups in total. The zero-order valence-corrected chi connectivity index (χ0v) is 13.9. The molecule has 0 saturated carbocycles. The van der Waals surface area contributed by atoms with Gasteiger partial charge in [0.15, 0.2) is 0 Å². The number of phenols is 1. The topological polar surface area (TPSA) is 57.6 Å². The molecule has 117 valence electrons. The Morgan fingerprint density at radius 2 is 1.86 bits per heavy atom. The van der Waals surface area contributed by atoms with Gasteiger partial charge in [-0.3, -0.25) is 4.31 Å². The fourth-order valence-electron chi connectivity index (χ4n) is 2.00. The number of halogens is 1. The second-order valence-electron chi connectivity index (χ2n) is 5.30. The van der Waals surface area contributed by atoms with Crippen LogP contribution in [0.4, 0.5) is 5.69 Å². The quantitative estimate of drug-likeness (QED) is 0.904. The minimum Gasteiger partial charge on any atom is -0.506 e. The standard InChI is InChI=1S/C16H17ClNO3S/c1-12(2)11-18(15-5-3-4-6-16(15)19)22(20,21)14-9-7-13(17)8-10-14/h4-10,12,19H,11H2,1-2H3. The van der Waals surface area contributed by atoms with Crippen LogP contribution in [0, 0.1) is 12.0 Å². The van der Waals surface area contributed by atoms with E-state index in [2.05, 4.69) is 6.07 Å². The van der Waals surface area contributed by atoms with Crippen LogP contribution in [0.5, 0.6) is 5.75 Å². The van der Waals surface area contributed by atoms with E-state index in [4.69, 9.17) is 11.6 Å². The molecule has 6 heteroatoms. The molecule has 1 radical (unpaired) electrons. The molecule has 0 bridgehead atoms. The first-order chi connectivity index (χ1) is 10.3. The molecular weight excluding hydrogens is 322 g/mol. The Morgan fingerprint density at radius 1 is 1.23 bits per heavy atom. The lowest BCUT2D eigenvalue weighted by atomic mass is 10.2. The molecule has 4 nitrogen and oxygen atoms in total. The Bertz CT molecular complexity index is 742. The third-order valence-electron chi connectivity index (χ3n) is 3.02. The minimum atomic E-state index is -3.79. The zero-order chi connectivity index (χ0) is 16.3. The predicted octanol–water partition coefficient (Wildman–Crippen LogP) is 3.70. The van der Waals surface area contributed by atoms with Gasteiger partial charge in [-0.15, -0.1) is 0 Å². The van der Waals surface area contributed by atoms with Gasteiger partial charge in [0.1, 0.15) is 5.75 Å². The molecule has 22 heavy (non-hydrogen) atoms. The lowest BCUT2D eigenvalue weighted by molar-refractivity contribution is 0.474. The molecule has 2 aromatic carbocycles. The lowest BCUT2D eigenvalue weighted by Crippen LogP contribution is -2.34. The number of hydrogen-bond donors (Lipinski definition) is 1. The molecule has 0 atom stereocenters. The number of rotatable bonds is 5. The van der Waals surface area contributed by atoms with Crippen molar-refractivity contribution < 1.29 is 13.5 Å². The largest absolute Gasteiger partial charge is 0.506 e. The summed E-state index contributed by atoms with van der Waals surface area (Å²) < 4.78 is 27.0. The molecule has 0 spiro atoms. The summed E-state index contributed by atoms with van der Waals surface area (Å²) in [6, 6.07) is 13.2. The zero-order valence-electron chi connectivity index (χ0n) is 12.3. The van der Waals surface area contributed by atoms with Crippen LogP contribution in [0.15, 0.2) is 47.4 Å². The fraction of sp³-hybridized carbons (Fsp3) is 0.250. The summed E-state index contributed by atoms with van der Waals surface area (Å²) in [6.07, 6.45) is 0. The van der Waals surface area contributed by atoms with Crippen LogP contribution >= 0.6 is 11.6 Å². The molecule has 0 unspecified atom stereocenters. The Morgan fingerprint density at radius 3 is 2.41 bits per heavy atom. The van der Waals surface area contributed by atoms with Gasteiger partial charge in [-0.25, -0.2) is 8.42 Å². The fourth-order valence-corrected chi connectivity index (χ4v) is 3.76. The molecule has 0 saturated heterocycles. The second-order valence-corrected chi connectivity index (χ2v) is 7.60. The molecular formula is C16H17ClNO3S. The van der Waals surface area contributed by atoms with Crippen molar-refractivity contribution in [2.45, 2.75) is 18.7 Å². The van der Waals surface area contributed by atoms with Gasteiger partial charge in [-0.1, -0.05) is 31.5 Å². The number of hydrogen-bond acceptors (Lipinski definition) is 3. The van der Waals surface area contributed by atoms with Crippen molar-refractivity contribution in [1.82, 2.24) is 0 Å². The maximum Gasteiger partial charge on any atom is 0.264 e. The first kappa shape index (κ1) is 16.6. The van der Waals surface area contributed by atoms with Crippen LogP contribution in [0.25, 0.3) is 0 Å². The van der Waals surface area contributed by atoms with E-state index in [1.165, 1.54) is 46.8 Å². The Hall–Kier alpha value is -1.72. The summed E-state index contributed by atoms with van der Waals surface area (Å²) >= 11 is 5.81. The van der Waals surface area contributed by atoms with E-state index < -0.39 is 10.0 Å². The van der Waals surface area contributed by atoms with E-state index in [9.17, 15) is 13.5 Å². The van der Waals surface area contributed by atoms with E-state index in [0.717, 1.165) is 0 Å². The Labute approximate surface area is 136 Å². The molecule has 0 aliphatic heterocycles. The summed E-state index contributed by atoms with van der Waals surface area (Å²) in [6.45, 7) is 4.07. The van der Waals surface area contributed by atoms with Crippen molar-refractivity contribution in [3.05, 3.63) is 53.6 Å². The maximum absolute atomic E-state index is 12.9. The number of nitrogens with zero attached hydrogens (tertiary/aromatic N) is 1. The van der Waals surface area contributed by atoms with Gasteiger partial charge in [-0.2, -0.15) is 0 Å². The minimum absolute atomic E-state index is 0.0849. The lowest BCUT2D eigenvalue weighted by Gasteiger charge is -2.26. The third kappa shape index (κ3) is 3.54. The third-order valence-corrected chi connectivity index (χ3v) is 5.07. The SMILES string of the molecule is CC(C)CN(c1c[c]ccc1O)S(=O)(=O)c1ccc(Cl)cc1. The average molecular weight is 339 g/mol. The normalized spacial score (nSPS) is 11.6. The van der Waals surface area contributed by atoms with E-state index in [-0.39, 0.29) is 28.8 Å². The van der Waals surface area contributed by atoms with Crippen molar-refractivity contribution >= 4 is 27.3 Å². The van der Waals surface area contributed by atoms with Crippen LogP contribution < -0.4 is 4.31 Å². The second kappa shape index (κ2) is 6.58. The highest BCUT2D eigenvalue weighted by Crippen LogP contribution is 2.32. The predicted molar refractivity (Wildman–Crippen MR) is 87.8 cm³/mol. The molecule has 2 aromatic rings. The van der Waals surface area contributed by atoms with Gasteiger partial charge in [0, 0.05) is 11.6 Å². The number of benzene rings is 2. The summed E-state index contributed by atoms with van der Waals surface area (Å²) in [5.74, 6) is -0.0152. The van der Waals surface area contributed by atoms with Gasteiger partial charge in [0.05, 0.1) is 10.6 Å². The van der Waals surface area contributed by atoms with Crippen LogP contribution in [0.3, 0.4) is 0 Å². The van der Waals surface area contributed by atoms with Crippen LogP contribution in [0.1, 0.15) is 13.8 Å². The molecule has 0 aliphatic rings. The summed E-state index contributed by atoms with van der Waals surface area (Å²) in [4.78, 5) is 0.126. The number of aromatic hydroxyl groups is 1. The molecule has 0 amide bonds. The highest BCUT2D eigenvalue weighted by atomic mass is 35.5. The smallest absolute Gasteiger partial charge is 0.264 e. The van der Waals surface area contributed by atoms with Crippen molar-refractivity contribution in [1.29, 1.82) is 0 Å². The van der Waals surface area contributed by atoms with E-state index in [1.807, 2.05) is 13.8 Å².